The highest BCUT2D eigenvalue weighted by Crippen LogP contribution is 2.28. The molecule has 196 valence electrons. The summed E-state index contributed by atoms with van der Waals surface area (Å²) in [6.07, 6.45) is 2.47. The van der Waals surface area contributed by atoms with E-state index in [-0.39, 0.29) is 23.4 Å². The minimum atomic E-state index is -4.00. The topological polar surface area (TPSA) is 69.7 Å². The summed E-state index contributed by atoms with van der Waals surface area (Å²) >= 11 is 5.97. The van der Waals surface area contributed by atoms with Crippen molar-refractivity contribution >= 4 is 38.9 Å². The number of hydrogen-bond acceptors (Lipinski definition) is 4. The number of nitrogens with one attached hydrogen (secondary N) is 1. The Hall–Kier alpha value is -3.03. The van der Waals surface area contributed by atoms with Gasteiger partial charge >= 0.3 is 0 Å². The number of carbonyl (C=O) groups excluding carboxylic acids is 1. The fraction of sp³-hybridized carbons (Fsp3) is 0.345. The van der Waals surface area contributed by atoms with E-state index >= 15 is 0 Å². The van der Waals surface area contributed by atoms with E-state index in [9.17, 15) is 13.2 Å². The van der Waals surface area contributed by atoms with E-state index < -0.39 is 10.0 Å². The summed E-state index contributed by atoms with van der Waals surface area (Å²) in [6, 6.07) is 21.1. The number of halogens is 1. The molecule has 4 rings (SSSR count). The van der Waals surface area contributed by atoms with Crippen LogP contribution in [0.2, 0.25) is 5.02 Å². The molecule has 1 aliphatic rings. The maximum Gasteiger partial charge on any atom is 0.264 e. The predicted octanol–water partition coefficient (Wildman–Crippen LogP) is 5.96. The fourth-order valence-electron chi connectivity index (χ4n) is 4.78. The van der Waals surface area contributed by atoms with E-state index in [1.54, 1.807) is 12.1 Å². The maximum atomic E-state index is 13.6. The first kappa shape index (κ1) is 27.0. The van der Waals surface area contributed by atoms with Gasteiger partial charge in [0.1, 0.15) is 6.54 Å². The number of aryl methyl sites for hydroxylation is 1. The van der Waals surface area contributed by atoms with Gasteiger partial charge in [0.25, 0.3) is 10.0 Å². The molecule has 6 nitrogen and oxygen atoms in total. The molecule has 3 aromatic carbocycles. The Bertz CT molecular complexity index is 1330. The zero-order chi connectivity index (χ0) is 26.6. The van der Waals surface area contributed by atoms with Gasteiger partial charge in [-0.05, 0) is 86.2 Å². The van der Waals surface area contributed by atoms with Crippen molar-refractivity contribution in [3.8, 4) is 0 Å². The molecular formula is C29H34ClN3O3S. The average Bonchev–Trinajstić information content (AvgIpc) is 2.88. The van der Waals surface area contributed by atoms with Crippen LogP contribution in [0, 0.1) is 12.8 Å². The molecule has 0 radical (unpaired) electrons. The van der Waals surface area contributed by atoms with Crippen LogP contribution >= 0.6 is 11.6 Å². The van der Waals surface area contributed by atoms with Gasteiger partial charge < -0.3 is 10.2 Å². The van der Waals surface area contributed by atoms with Gasteiger partial charge in [-0.25, -0.2) is 8.42 Å². The zero-order valence-electron chi connectivity index (χ0n) is 21.5. The maximum absolute atomic E-state index is 13.6. The van der Waals surface area contributed by atoms with Crippen LogP contribution in [-0.2, 0) is 14.8 Å². The molecule has 1 aliphatic heterocycles. The van der Waals surface area contributed by atoms with Crippen molar-refractivity contribution in [1.82, 2.24) is 5.32 Å². The Morgan fingerprint density at radius 3 is 2.41 bits per heavy atom. The van der Waals surface area contributed by atoms with Crippen molar-refractivity contribution in [3.05, 3.63) is 88.9 Å². The van der Waals surface area contributed by atoms with E-state index in [0.29, 0.717) is 16.6 Å². The first-order chi connectivity index (χ1) is 17.6. The largest absolute Gasteiger partial charge is 0.371 e. The van der Waals surface area contributed by atoms with Crippen LogP contribution in [0.1, 0.15) is 43.9 Å². The lowest BCUT2D eigenvalue weighted by Gasteiger charge is -2.33. The molecule has 3 aromatic rings. The van der Waals surface area contributed by atoms with Crippen molar-refractivity contribution in [2.75, 3.05) is 28.8 Å². The van der Waals surface area contributed by atoms with Crippen LogP contribution in [0.15, 0.2) is 77.7 Å². The second-order valence-electron chi connectivity index (χ2n) is 9.83. The zero-order valence-corrected chi connectivity index (χ0v) is 23.1. The molecule has 8 heteroatoms. The molecule has 1 amide bonds. The monoisotopic (exact) mass is 539 g/mol. The molecular weight excluding hydrogens is 506 g/mol. The number of carbonyl (C=O) groups is 1. The number of amides is 1. The fourth-order valence-corrected chi connectivity index (χ4v) is 6.39. The molecule has 1 saturated heterocycles. The van der Waals surface area contributed by atoms with Gasteiger partial charge in [-0.1, -0.05) is 48.9 Å². The molecule has 0 aromatic heterocycles. The summed E-state index contributed by atoms with van der Waals surface area (Å²) in [6.45, 7) is 7.79. The number of rotatable bonds is 8. The highest BCUT2D eigenvalue weighted by molar-refractivity contribution is 7.92. The Labute approximate surface area is 225 Å². The third-order valence-corrected chi connectivity index (χ3v) is 8.89. The molecule has 1 fully saturated rings. The molecule has 37 heavy (non-hydrogen) atoms. The normalized spacial score (nSPS) is 16.8. The van der Waals surface area contributed by atoms with Crippen molar-refractivity contribution in [2.45, 2.75) is 44.6 Å². The van der Waals surface area contributed by atoms with Crippen molar-refractivity contribution in [3.63, 3.8) is 0 Å². The number of para-hydroxylation sites is 1. The molecule has 1 heterocycles. The van der Waals surface area contributed by atoms with Crippen molar-refractivity contribution in [1.29, 1.82) is 0 Å². The van der Waals surface area contributed by atoms with Crippen LogP contribution in [0.4, 0.5) is 11.4 Å². The standard InChI is InChI=1S/C29H34ClN3O3S/c1-21-7-6-18-32(19-21)26-14-10-24(11-15-26)23(3)31-29(34)20-33(28-9-5-4-8-22(28)2)37(35,36)27-16-12-25(30)13-17-27/h4-5,8-17,21,23H,6-7,18-20H2,1-3H3,(H,31,34). The van der Waals surface area contributed by atoms with Crippen molar-refractivity contribution < 1.29 is 13.2 Å². The van der Waals surface area contributed by atoms with Gasteiger partial charge in [-0.15, -0.1) is 0 Å². The van der Waals surface area contributed by atoms with Crippen molar-refractivity contribution in [2.24, 2.45) is 5.92 Å². The third-order valence-electron chi connectivity index (χ3n) is 6.87. The first-order valence-electron chi connectivity index (χ1n) is 12.6. The number of hydrogen-bond donors (Lipinski definition) is 1. The Morgan fingerprint density at radius 1 is 1.08 bits per heavy atom. The van der Waals surface area contributed by atoms with Gasteiger partial charge in [0.15, 0.2) is 0 Å². The summed E-state index contributed by atoms with van der Waals surface area (Å²) in [5.41, 5.74) is 3.36. The van der Waals surface area contributed by atoms with Gasteiger partial charge in [0.05, 0.1) is 16.6 Å². The number of anilines is 2. The Balaban J connectivity index is 1.51. The van der Waals surface area contributed by atoms with E-state index in [4.69, 9.17) is 11.6 Å². The second kappa shape index (κ2) is 11.6. The van der Waals surface area contributed by atoms with Gasteiger partial charge in [-0.2, -0.15) is 0 Å². The summed E-state index contributed by atoms with van der Waals surface area (Å²) in [4.78, 5) is 15.6. The smallest absolute Gasteiger partial charge is 0.264 e. The van der Waals surface area contributed by atoms with Gasteiger partial charge in [0.2, 0.25) is 5.91 Å². The first-order valence-corrected chi connectivity index (χ1v) is 14.4. The molecule has 0 aliphatic carbocycles. The average molecular weight is 540 g/mol. The van der Waals surface area contributed by atoms with Crippen LogP contribution in [-0.4, -0.2) is 34.0 Å². The summed E-state index contributed by atoms with van der Waals surface area (Å²) in [5.74, 6) is 0.300. The van der Waals surface area contributed by atoms with E-state index in [1.807, 2.05) is 38.1 Å². The summed E-state index contributed by atoms with van der Waals surface area (Å²) in [5, 5.41) is 3.41. The third kappa shape index (κ3) is 6.46. The summed E-state index contributed by atoms with van der Waals surface area (Å²) < 4.78 is 28.4. The molecule has 2 atom stereocenters. The molecule has 1 N–H and O–H groups in total. The molecule has 0 spiro atoms. The lowest BCUT2D eigenvalue weighted by atomic mass is 9.99. The Morgan fingerprint density at radius 2 is 1.76 bits per heavy atom. The lowest BCUT2D eigenvalue weighted by Crippen LogP contribution is -2.42. The van der Waals surface area contributed by atoms with Crippen LogP contribution < -0.4 is 14.5 Å². The highest BCUT2D eigenvalue weighted by Gasteiger charge is 2.28. The minimum absolute atomic E-state index is 0.0728. The predicted molar refractivity (Wildman–Crippen MR) is 151 cm³/mol. The quantitative estimate of drug-likeness (QED) is 0.383. The lowest BCUT2D eigenvalue weighted by molar-refractivity contribution is -0.120. The minimum Gasteiger partial charge on any atom is -0.371 e. The second-order valence-corrected chi connectivity index (χ2v) is 12.1. The molecule has 2 unspecified atom stereocenters. The van der Waals surface area contributed by atoms with Crippen LogP contribution in [0.3, 0.4) is 0 Å². The highest BCUT2D eigenvalue weighted by atomic mass is 35.5. The molecule has 0 saturated carbocycles. The summed E-state index contributed by atoms with van der Waals surface area (Å²) in [7, 11) is -4.00. The molecule has 0 bridgehead atoms. The number of piperidine rings is 1. The number of sulfonamides is 1. The number of benzene rings is 3. The van der Waals surface area contributed by atoms with Gasteiger partial charge in [0, 0.05) is 23.8 Å². The van der Waals surface area contributed by atoms with E-state index in [2.05, 4.69) is 29.3 Å². The van der Waals surface area contributed by atoms with Gasteiger partial charge in [-0.3, -0.25) is 9.10 Å². The van der Waals surface area contributed by atoms with Crippen LogP contribution in [0.25, 0.3) is 0 Å². The Kier molecular flexibility index (Phi) is 8.45. The van der Waals surface area contributed by atoms with E-state index in [1.165, 1.54) is 42.8 Å². The number of nitrogens with zero attached hydrogens (tertiary/aromatic N) is 2. The SMILES string of the molecule is Cc1ccccc1N(CC(=O)NC(C)c1ccc(N2CCCC(C)C2)cc1)S(=O)(=O)c1ccc(Cl)cc1. The van der Waals surface area contributed by atoms with Crippen LogP contribution in [0.5, 0.6) is 0 Å². The van der Waals surface area contributed by atoms with E-state index in [0.717, 1.165) is 28.5 Å².